The molecule has 0 bridgehead atoms. The second-order valence-electron chi connectivity index (χ2n) is 6.78. The Labute approximate surface area is 125 Å². The minimum Gasteiger partial charge on any atom is -0.277 e. The third-order valence-electron chi connectivity index (χ3n) is 5.34. The lowest BCUT2D eigenvalue weighted by Crippen LogP contribution is -2.64. The molecule has 1 heterocycles. The van der Waals surface area contributed by atoms with E-state index in [9.17, 15) is 14.4 Å². The molecule has 3 rings (SSSR count). The van der Waals surface area contributed by atoms with Crippen LogP contribution in [0.4, 0.5) is 4.79 Å². The number of amides is 4. The number of hydrogen-bond acceptors (Lipinski definition) is 3. The largest absolute Gasteiger partial charge is 0.331 e. The summed E-state index contributed by atoms with van der Waals surface area (Å²) < 4.78 is 0. The van der Waals surface area contributed by atoms with Gasteiger partial charge in [0.2, 0.25) is 11.8 Å². The van der Waals surface area contributed by atoms with Crippen molar-refractivity contribution in [2.24, 2.45) is 11.3 Å². The van der Waals surface area contributed by atoms with Crippen LogP contribution in [-0.4, -0.2) is 28.8 Å². The summed E-state index contributed by atoms with van der Waals surface area (Å²) in [7, 11) is 0. The molecule has 21 heavy (non-hydrogen) atoms. The maximum Gasteiger partial charge on any atom is 0.331 e. The van der Waals surface area contributed by atoms with E-state index >= 15 is 0 Å². The van der Waals surface area contributed by atoms with Gasteiger partial charge in [-0.15, -0.1) is 0 Å². The molecule has 0 aromatic heterocycles. The predicted octanol–water partition coefficient (Wildman–Crippen LogP) is 2.59. The van der Waals surface area contributed by atoms with Crippen molar-refractivity contribution in [1.82, 2.24) is 10.2 Å². The first-order valence-corrected chi connectivity index (χ1v) is 8.29. The molecule has 2 atom stereocenters. The molecule has 0 aromatic carbocycles. The molecule has 1 N–H and O–H groups in total. The Kier molecular flexibility index (Phi) is 3.76. The first-order valence-electron chi connectivity index (χ1n) is 8.29. The van der Waals surface area contributed by atoms with Gasteiger partial charge in [0.15, 0.2) is 0 Å². The molecular formula is C16H24N2O3. The van der Waals surface area contributed by atoms with Gasteiger partial charge in [-0.3, -0.25) is 19.8 Å². The summed E-state index contributed by atoms with van der Waals surface area (Å²) in [5, 5.41) is 2.46. The third-order valence-corrected chi connectivity index (χ3v) is 5.34. The van der Waals surface area contributed by atoms with Crippen LogP contribution in [0.3, 0.4) is 0 Å². The molecule has 0 aromatic rings. The van der Waals surface area contributed by atoms with Gasteiger partial charge in [-0.2, -0.15) is 0 Å². The van der Waals surface area contributed by atoms with Crippen LogP contribution < -0.4 is 5.32 Å². The summed E-state index contributed by atoms with van der Waals surface area (Å²) in [4.78, 5) is 38.8. The summed E-state index contributed by atoms with van der Waals surface area (Å²) in [5.74, 6) is -0.147. The number of barbiturate groups is 1. The van der Waals surface area contributed by atoms with Gasteiger partial charge in [-0.05, 0) is 31.6 Å². The molecule has 1 saturated heterocycles. The molecule has 3 aliphatic rings. The average molecular weight is 292 g/mol. The van der Waals surface area contributed by atoms with Crippen molar-refractivity contribution in [3.05, 3.63) is 0 Å². The smallest absolute Gasteiger partial charge is 0.277 e. The van der Waals surface area contributed by atoms with Crippen LogP contribution in [0.5, 0.6) is 0 Å². The van der Waals surface area contributed by atoms with Crippen molar-refractivity contribution < 1.29 is 14.4 Å². The number of urea groups is 1. The Morgan fingerprint density at radius 2 is 1.81 bits per heavy atom. The molecule has 0 radical (unpaired) electrons. The molecule has 2 unspecified atom stereocenters. The number of imide groups is 2. The number of nitrogens with one attached hydrogen (secondary N) is 1. The van der Waals surface area contributed by atoms with E-state index in [4.69, 9.17) is 0 Å². The minimum absolute atomic E-state index is 0.0191. The molecular weight excluding hydrogens is 268 g/mol. The molecule has 116 valence electrons. The van der Waals surface area contributed by atoms with Crippen LogP contribution in [0, 0.1) is 11.3 Å². The van der Waals surface area contributed by atoms with Gasteiger partial charge in [0.1, 0.15) is 5.41 Å². The Hall–Kier alpha value is -1.39. The average Bonchev–Trinajstić information content (AvgIpc) is 3.21. The highest BCUT2D eigenvalue weighted by Crippen LogP contribution is 2.45. The number of carbonyl (C=O) groups is 3. The highest BCUT2D eigenvalue weighted by molar-refractivity contribution is 6.19. The van der Waals surface area contributed by atoms with E-state index in [1.807, 2.05) is 0 Å². The third kappa shape index (κ3) is 2.36. The van der Waals surface area contributed by atoms with Gasteiger partial charge >= 0.3 is 6.03 Å². The van der Waals surface area contributed by atoms with E-state index in [2.05, 4.69) is 12.2 Å². The quantitative estimate of drug-likeness (QED) is 0.813. The zero-order valence-corrected chi connectivity index (χ0v) is 12.7. The van der Waals surface area contributed by atoms with Gasteiger partial charge in [-0.25, -0.2) is 4.79 Å². The fourth-order valence-electron chi connectivity index (χ4n) is 4.00. The highest BCUT2D eigenvalue weighted by Gasteiger charge is 2.58. The lowest BCUT2D eigenvalue weighted by Gasteiger charge is -2.39. The van der Waals surface area contributed by atoms with Gasteiger partial charge in [0.25, 0.3) is 0 Å². The maximum absolute atomic E-state index is 13.0. The maximum atomic E-state index is 13.0. The fourth-order valence-corrected chi connectivity index (χ4v) is 4.00. The van der Waals surface area contributed by atoms with Crippen LogP contribution in [0.1, 0.15) is 64.7 Å². The van der Waals surface area contributed by atoms with E-state index in [0.29, 0.717) is 18.8 Å². The van der Waals surface area contributed by atoms with E-state index in [-0.39, 0.29) is 17.9 Å². The van der Waals surface area contributed by atoms with Gasteiger partial charge in [0, 0.05) is 6.04 Å². The Morgan fingerprint density at radius 1 is 1.14 bits per heavy atom. The summed E-state index contributed by atoms with van der Waals surface area (Å²) in [6.07, 6.45) is 8.11. The van der Waals surface area contributed by atoms with Gasteiger partial charge < -0.3 is 0 Å². The van der Waals surface area contributed by atoms with E-state index in [1.165, 1.54) is 4.90 Å². The minimum atomic E-state index is -0.968. The fraction of sp³-hybridized carbons (Fsp3) is 0.812. The monoisotopic (exact) mass is 292 g/mol. The van der Waals surface area contributed by atoms with E-state index in [0.717, 1.165) is 44.9 Å². The highest BCUT2D eigenvalue weighted by atomic mass is 16.2. The Balaban J connectivity index is 1.83. The van der Waals surface area contributed by atoms with Crippen molar-refractivity contribution >= 4 is 17.8 Å². The second-order valence-corrected chi connectivity index (χ2v) is 6.78. The molecule has 2 aliphatic carbocycles. The zero-order chi connectivity index (χ0) is 15.0. The molecule has 5 nitrogen and oxygen atoms in total. The molecule has 1 aliphatic heterocycles. The lowest BCUT2D eigenvalue weighted by atomic mass is 9.76. The Morgan fingerprint density at radius 3 is 2.43 bits per heavy atom. The molecule has 2 saturated carbocycles. The van der Waals surface area contributed by atoms with Crippen LogP contribution in [0.2, 0.25) is 0 Å². The summed E-state index contributed by atoms with van der Waals surface area (Å²) in [6, 6.07) is -0.478. The van der Waals surface area contributed by atoms with Crippen molar-refractivity contribution in [1.29, 1.82) is 0 Å². The Bertz CT molecular complexity index is 466. The van der Waals surface area contributed by atoms with E-state index in [1.54, 1.807) is 0 Å². The van der Waals surface area contributed by atoms with Crippen LogP contribution in [-0.2, 0) is 9.59 Å². The molecule has 4 amide bonds. The number of rotatable bonds is 3. The van der Waals surface area contributed by atoms with Gasteiger partial charge in [0.05, 0.1) is 0 Å². The topological polar surface area (TPSA) is 66.5 Å². The summed E-state index contributed by atoms with van der Waals surface area (Å²) in [5.41, 5.74) is -0.968. The van der Waals surface area contributed by atoms with Crippen molar-refractivity contribution in [2.75, 3.05) is 0 Å². The number of hydrogen-bond donors (Lipinski definition) is 1. The molecule has 1 spiro atoms. The van der Waals surface area contributed by atoms with Crippen LogP contribution in [0.25, 0.3) is 0 Å². The van der Waals surface area contributed by atoms with Crippen molar-refractivity contribution in [3.8, 4) is 0 Å². The van der Waals surface area contributed by atoms with Crippen molar-refractivity contribution in [3.63, 3.8) is 0 Å². The van der Waals surface area contributed by atoms with E-state index < -0.39 is 11.4 Å². The first-order chi connectivity index (χ1) is 10.1. The van der Waals surface area contributed by atoms with Gasteiger partial charge in [-0.1, -0.05) is 39.0 Å². The van der Waals surface area contributed by atoms with Crippen molar-refractivity contribution in [2.45, 2.75) is 70.8 Å². The SMILES string of the molecule is CCCC1CC1N1C(=O)NC(=O)C2(CCCCCC2)C1=O. The normalized spacial score (nSPS) is 32.0. The number of carbonyl (C=O) groups excluding carboxylic acids is 3. The number of nitrogens with zero attached hydrogens (tertiary/aromatic N) is 1. The first kappa shape index (κ1) is 14.5. The summed E-state index contributed by atoms with van der Waals surface area (Å²) in [6.45, 7) is 2.11. The molecule has 5 heteroatoms. The standard InChI is InChI=1S/C16H24N2O3/c1-2-7-11-10-12(11)18-14(20)16(13(19)17-15(18)21)8-5-3-4-6-9-16/h11-12H,2-10H2,1H3,(H,17,19,21). The lowest BCUT2D eigenvalue weighted by molar-refractivity contribution is -0.153. The molecule has 3 fully saturated rings. The van der Waals surface area contributed by atoms with Crippen LogP contribution >= 0.6 is 0 Å². The predicted molar refractivity (Wildman–Crippen MR) is 77.3 cm³/mol. The summed E-state index contributed by atoms with van der Waals surface area (Å²) >= 11 is 0. The zero-order valence-electron chi connectivity index (χ0n) is 12.7. The second kappa shape index (κ2) is 5.43. The van der Waals surface area contributed by atoms with Crippen LogP contribution in [0.15, 0.2) is 0 Å².